The van der Waals surface area contributed by atoms with Gasteiger partial charge in [0, 0.05) is 24.2 Å². The van der Waals surface area contributed by atoms with Crippen LogP contribution < -0.4 is 4.90 Å². The summed E-state index contributed by atoms with van der Waals surface area (Å²) in [6, 6.07) is 4.96. The highest BCUT2D eigenvalue weighted by Gasteiger charge is 2.38. The molecule has 0 saturated carbocycles. The lowest BCUT2D eigenvalue weighted by Gasteiger charge is -2.21. The predicted octanol–water partition coefficient (Wildman–Crippen LogP) is 2.45. The zero-order valence-corrected chi connectivity index (χ0v) is 17.7. The van der Waals surface area contributed by atoms with Gasteiger partial charge in [0.05, 0.1) is 5.69 Å². The second kappa shape index (κ2) is 10.4. The number of carboxylic acid groups (broad SMARTS) is 2. The van der Waals surface area contributed by atoms with E-state index in [9.17, 15) is 37.1 Å². The fourth-order valence-electron chi connectivity index (χ4n) is 2.66. The molecule has 0 aliphatic carbocycles. The van der Waals surface area contributed by atoms with Crippen LogP contribution in [0, 0.1) is 11.7 Å². The Balaban J connectivity index is 0.000000509. The number of halogens is 5. The van der Waals surface area contributed by atoms with Crippen molar-refractivity contribution in [3.8, 4) is 11.3 Å². The van der Waals surface area contributed by atoms with E-state index in [-0.39, 0.29) is 40.8 Å². The number of cyclic esters (lactones) is 1. The molecule has 34 heavy (non-hydrogen) atoms. The number of esters is 1. The van der Waals surface area contributed by atoms with Gasteiger partial charge in [-0.1, -0.05) is 11.6 Å². The van der Waals surface area contributed by atoms with Crippen LogP contribution in [-0.2, 0) is 19.1 Å². The van der Waals surface area contributed by atoms with Gasteiger partial charge >= 0.3 is 24.1 Å². The van der Waals surface area contributed by atoms with Gasteiger partial charge in [-0.15, -0.1) is 10.2 Å². The highest BCUT2D eigenvalue weighted by Crippen LogP contribution is 2.28. The van der Waals surface area contributed by atoms with Gasteiger partial charge in [-0.05, 0) is 24.3 Å². The number of aromatic nitrogens is 2. The van der Waals surface area contributed by atoms with Crippen molar-refractivity contribution in [1.29, 1.82) is 0 Å². The van der Waals surface area contributed by atoms with Gasteiger partial charge in [-0.2, -0.15) is 13.2 Å². The van der Waals surface area contributed by atoms with Crippen LogP contribution in [0.4, 0.5) is 23.4 Å². The number of ether oxygens (including phenoxy) is 1. The second-order valence-electron chi connectivity index (χ2n) is 6.71. The summed E-state index contributed by atoms with van der Waals surface area (Å²) in [5.41, 5.74) is -0.275. The number of nitrogens with zero attached hydrogens (tertiary/aromatic N) is 3. The molecule has 0 bridgehead atoms. The molecule has 2 aromatic rings. The SMILES string of the molecule is CN(CC1C(=O)COC1=O)c1nnc(-c2cc(Cl)ccc2F)cc1C(=O)O.O=C(O)C(F)(F)F. The Morgan fingerprint density at radius 2 is 1.82 bits per heavy atom. The lowest BCUT2D eigenvalue weighted by molar-refractivity contribution is -0.192. The fourth-order valence-corrected chi connectivity index (χ4v) is 2.83. The quantitative estimate of drug-likeness (QED) is 0.351. The average Bonchev–Trinajstić information content (AvgIpc) is 3.06. The largest absolute Gasteiger partial charge is 0.490 e. The number of hydrogen-bond donors (Lipinski definition) is 2. The Kier molecular flexibility index (Phi) is 8.10. The van der Waals surface area contributed by atoms with E-state index in [0.717, 1.165) is 12.1 Å². The molecule has 1 atom stereocenters. The molecule has 2 N–H and O–H groups in total. The van der Waals surface area contributed by atoms with Crippen LogP contribution in [-0.4, -0.2) is 70.5 Å². The maximum atomic E-state index is 14.0. The molecule has 0 radical (unpaired) electrons. The number of anilines is 1. The van der Waals surface area contributed by atoms with Crippen molar-refractivity contribution in [1.82, 2.24) is 10.2 Å². The van der Waals surface area contributed by atoms with Crippen molar-refractivity contribution in [3.05, 3.63) is 40.7 Å². The lowest BCUT2D eigenvalue weighted by atomic mass is 10.1. The summed E-state index contributed by atoms with van der Waals surface area (Å²) < 4.78 is 50.4. The van der Waals surface area contributed by atoms with Crippen molar-refractivity contribution in [2.75, 3.05) is 25.1 Å². The number of ketones is 1. The molecule has 182 valence electrons. The number of aliphatic carboxylic acids is 1. The number of Topliss-reactive ketones (excluding diaryl/α,β-unsaturated/α-hetero) is 1. The van der Waals surface area contributed by atoms with Gasteiger partial charge < -0.3 is 19.8 Å². The standard InChI is InChI=1S/C17H13ClFN3O5.C2HF3O2/c1-22(6-11-14(23)7-27-17(11)26)15-10(16(24)25)5-13(20-21-15)9-4-8(18)2-3-12(9)19;3-2(4,5)1(6)7/h2-5,11H,6-7H2,1H3,(H,24,25);(H,6,7). The molecule has 1 unspecified atom stereocenters. The van der Waals surface area contributed by atoms with Crippen molar-refractivity contribution in [2.45, 2.75) is 6.18 Å². The summed E-state index contributed by atoms with van der Waals surface area (Å²) in [5, 5.41) is 24.6. The Labute approximate surface area is 192 Å². The van der Waals surface area contributed by atoms with Crippen LogP contribution in [0.25, 0.3) is 11.3 Å². The number of hydrogen-bond acceptors (Lipinski definition) is 8. The number of carboxylic acids is 2. The molecule has 1 saturated heterocycles. The van der Waals surface area contributed by atoms with Gasteiger partial charge in [-0.25, -0.2) is 14.0 Å². The highest BCUT2D eigenvalue weighted by molar-refractivity contribution is 6.30. The third kappa shape index (κ3) is 6.37. The number of alkyl halides is 3. The molecule has 1 aromatic carbocycles. The minimum atomic E-state index is -5.08. The first-order valence-electron chi connectivity index (χ1n) is 8.99. The minimum Gasteiger partial charge on any atom is -0.478 e. The molecular formula is C19H14ClF4N3O7. The summed E-state index contributed by atoms with van der Waals surface area (Å²) in [4.78, 5) is 45.2. The molecule has 2 heterocycles. The van der Waals surface area contributed by atoms with Crippen LogP contribution in [0.2, 0.25) is 5.02 Å². The first-order valence-corrected chi connectivity index (χ1v) is 9.37. The van der Waals surface area contributed by atoms with E-state index in [0.29, 0.717) is 0 Å². The van der Waals surface area contributed by atoms with Crippen LogP contribution in [0.3, 0.4) is 0 Å². The maximum absolute atomic E-state index is 14.0. The summed E-state index contributed by atoms with van der Waals surface area (Å²) in [7, 11) is 1.47. The van der Waals surface area contributed by atoms with Gasteiger partial charge in [0.15, 0.2) is 18.2 Å². The van der Waals surface area contributed by atoms with Crippen molar-refractivity contribution in [3.63, 3.8) is 0 Å². The van der Waals surface area contributed by atoms with Gasteiger partial charge in [-0.3, -0.25) is 9.59 Å². The summed E-state index contributed by atoms with van der Waals surface area (Å²) in [6.07, 6.45) is -5.08. The maximum Gasteiger partial charge on any atom is 0.490 e. The smallest absolute Gasteiger partial charge is 0.478 e. The summed E-state index contributed by atoms with van der Waals surface area (Å²) in [5.74, 6) is -6.87. The zero-order chi connectivity index (χ0) is 25.8. The van der Waals surface area contributed by atoms with Gasteiger partial charge in [0.25, 0.3) is 0 Å². The van der Waals surface area contributed by atoms with Crippen molar-refractivity contribution in [2.24, 2.45) is 5.92 Å². The van der Waals surface area contributed by atoms with Crippen molar-refractivity contribution < 1.29 is 51.7 Å². The van der Waals surface area contributed by atoms with E-state index >= 15 is 0 Å². The Bertz CT molecular complexity index is 1130. The summed E-state index contributed by atoms with van der Waals surface area (Å²) in [6.45, 7) is -0.417. The number of benzene rings is 1. The normalized spacial score (nSPS) is 15.3. The molecule has 1 aliphatic rings. The highest BCUT2D eigenvalue weighted by atomic mass is 35.5. The molecule has 0 spiro atoms. The third-order valence-corrected chi connectivity index (χ3v) is 4.53. The van der Waals surface area contributed by atoms with E-state index < -0.39 is 41.6 Å². The molecule has 1 fully saturated rings. The number of carbonyl (C=O) groups is 4. The van der Waals surface area contributed by atoms with Crippen LogP contribution >= 0.6 is 11.6 Å². The number of carbonyl (C=O) groups excluding carboxylic acids is 2. The van der Waals surface area contributed by atoms with Crippen LogP contribution in [0.15, 0.2) is 24.3 Å². The van der Waals surface area contributed by atoms with E-state index in [1.165, 1.54) is 24.1 Å². The Morgan fingerprint density at radius 1 is 1.21 bits per heavy atom. The molecule has 1 aliphatic heterocycles. The molecular weight excluding hydrogens is 494 g/mol. The zero-order valence-electron chi connectivity index (χ0n) is 17.0. The van der Waals surface area contributed by atoms with Crippen LogP contribution in [0.5, 0.6) is 0 Å². The topological polar surface area (TPSA) is 147 Å². The monoisotopic (exact) mass is 507 g/mol. The van der Waals surface area contributed by atoms with Gasteiger partial charge in [0.1, 0.15) is 17.3 Å². The first kappa shape index (κ1) is 26.4. The Morgan fingerprint density at radius 3 is 2.32 bits per heavy atom. The molecule has 10 nitrogen and oxygen atoms in total. The van der Waals surface area contributed by atoms with Crippen LogP contribution in [0.1, 0.15) is 10.4 Å². The van der Waals surface area contributed by atoms with E-state index in [2.05, 4.69) is 14.9 Å². The fraction of sp³-hybridized carbons (Fsp3) is 0.263. The molecule has 0 amide bonds. The average molecular weight is 508 g/mol. The number of rotatable bonds is 5. The second-order valence-corrected chi connectivity index (χ2v) is 7.14. The third-order valence-electron chi connectivity index (χ3n) is 4.30. The molecule has 1 aromatic heterocycles. The molecule has 15 heteroatoms. The van der Waals surface area contributed by atoms with Crippen molar-refractivity contribution >= 4 is 41.1 Å². The van der Waals surface area contributed by atoms with Gasteiger partial charge in [0.2, 0.25) is 0 Å². The van der Waals surface area contributed by atoms with E-state index in [1.807, 2.05) is 0 Å². The summed E-state index contributed by atoms with van der Waals surface area (Å²) >= 11 is 5.86. The Hall–Kier alpha value is -3.81. The minimum absolute atomic E-state index is 0.00116. The number of aromatic carboxylic acids is 1. The lowest BCUT2D eigenvalue weighted by Crippen LogP contribution is -2.33. The first-order chi connectivity index (χ1) is 15.7. The predicted molar refractivity (Wildman–Crippen MR) is 106 cm³/mol. The van der Waals surface area contributed by atoms with E-state index in [4.69, 9.17) is 21.5 Å². The molecule has 3 rings (SSSR count). The van der Waals surface area contributed by atoms with E-state index in [1.54, 1.807) is 0 Å².